The number of thiazole rings is 1. The highest BCUT2D eigenvalue weighted by Gasteiger charge is 2.42. The third-order valence-electron chi connectivity index (χ3n) is 5.42. The summed E-state index contributed by atoms with van der Waals surface area (Å²) in [5.41, 5.74) is 1.20. The van der Waals surface area contributed by atoms with Crippen molar-refractivity contribution in [3.8, 4) is 0 Å². The molecule has 0 radical (unpaired) electrons. The smallest absolute Gasteiger partial charge is 0.315 e. The normalized spacial score (nSPS) is 27.2. The summed E-state index contributed by atoms with van der Waals surface area (Å²) in [5, 5.41) is 10.2. The van der Waals surface area contributed by atoms with Crippen LogP contribution in [-0.4, -0.2) is 40.0 Å². The van der Waals surface area contributed by atoms with Crippen LogP contribution >= 0.6 is 23.1 Å². The number of nitrogens with zero attached hydrogens (tertiary/aromatic N) is 1. The Morgan fingerprint density at radius 3 is 3.00 bits per heavy atom. The second-order valence-electron chi connectivity index (χ2n) is 7.37. The maximum atomic E-state index is 12.2. The van der Waals surface area contributed by atoms with Crippen molar-refractivity contribution in [3.05, 3.63) is 10.6 Å². The number of hydrogen-bond donors (Lipinski definition) is 3. The van der Waals surface area contributed by atoms with Gasteiger partial charge < -0.3 is 16.0 Å². The van der Waals surface area contributed by atoms with Crippen LogP contribution < -0.4 is 16.0 Å². The summed E-state index contributed by atoms with van der Waals surface area (Å²) in [5.74, 6) is 1.06. The molecule has 6 nitrogen and oxygen atoms in total. The Labute approximate surface area is 162 Å². The van der Waals surface area contributed by atoms with E-state index in [9.17, 15) is 9.59 Å². The highest BCUT2D eigenvalue weighted by Crippen LogP contribution is 2.33. The summed E-state index contributed by atoms with van der Waals surface area (Å²) < 4.78 is 0. The molecule has 2 saturated heterocycles. The van der Waals surface area contributed by atoms with E-state index in [4.69, 9.17) is 0 Å². The molecule has 2 aliphatic heterocycles. The fourth-order valence-electron chi connectivity index (χ4n) is 4.04. The summed E-state index contributed by atoms with van der Waals surface area (Å²) in [7, 11) is 0. The second-order valence-corrected chi connectivity index (χ2v) is 9.72. The van der Waals surface area contributed by atoms with Gasteiger partial charge in [-0.15, -0.1) is 11.3 Å². The number of carbonyl (C=O) groups is 2. The maximum Gasteiger partial charge on any atom is 0.315 e. The Balaban J connectivity index is 1.17. The number of nitrogens with one attached hydrogen (secondary N) is 3. The van der Waals surface area contributed by atoms with Crippen LogP contribution in [0.25, 0.3) is 0 Å². The molecule has 1 aromatic rings. The zero-order chi connectivity index (χ0) is 17.9. The first-order valence-electron chi connectivity index (χ1n) is 9.66. The molecule has 3 amide bonds. The van der Waals surface area contributed by atoms with Crippen LogP contribution in [-0.2, 0) is 17.6 Å². The number of hydrogen-bond acceptors (Lipinski definition) is 5. The summed E-state index contributed by atoms with van der Waals surface area (Å²) in [6, 6.07) is 0.500. The second kappa shape index (κ2) is 8.17. The number of carbonyl (C=O) groups excluding carboxylic acids is 2. The predicted octanol–water partition coefficient (Wildman–Crippen LogP) is 3.08. The van der Waals surface area contributed by atoms with Crippen molar-refractivity contribution >= 4 is 40.2 Å². The first kappa shape index (κ1) is 18.1. The monoisotopic (exact) mass is 394 g/mol. The van der Waals surface area contributed by atoms with E-state index in [1.165, 1.54) is 29.8 Å². The molecule has 1 aliphatic carbocycles. The van der Waals surface area contributed by atoms with E-state index in [-0.39, 0.29) is 24.0 Å². The van der Waals surface area contributed by atoms with Gasteiger partial charge in [0.25, 0.3) is 0 Å². The van der Waals surface area contributed by atoms with Crippen LogP contribution in [0.5, 0.6) is 0 Å². The topological polar surface area (TPSA) is 83.1 Å². The fourth-order valence-corrected chi connectivity index (χ4v) is 6.65. The van der Waals surface area contributed by atoms with Crippen molar-refractivity contribution < 1.29 is 9.59 Å². The molecule has 0 aromatic carbocycles. The van der Waals surface area contributed by atoms with E-state index >= 15 is 0 Å². The molecule has 8 heteroatoms. The molecule has 142 valence electrons. The molecule has 3 atom stereocenters. The number of aromatic nitrogens is 1. The Hall–Kier alpha value is -1.28. The minimum atomic E-state index is -0.0356. The highest BCUT2D eigenvalue weighted by atomic mass is 32.2. The lowest BCUT2D eigenvalue weighted by molar-refractivity contribution is -0.116. The quantitative estimate of drug-likeness (QED) is 0.393. The van der Waals surface area contributed by atoms with Gasteiger partial charge in [0.2, 0.25) is 5.91 Å². The molecule has 3 N–H and O–H groups in total. The lowest BCUT2D eigenvalue weighted by atomic mass is 10.0. The third kappa shape index (κ3) is 4.17. The summed E-state index contributed by atoms with van der Waals surface area (Å²) >= 11 is 3.58. The number of fused-ring (bicyclic) bond motifs is 2. The summed E-state index contributed by atoms with van der Waals surface area (Å²) in [4.78, 5) is 29.6. The van der Waals surface area contributed by atoms with Crippen molar-refractivity contribution in [1.29, 1.82) is 0 Å². The summed E-state index contributed by atoms with van der Waals surface area (Å²) in [6.45, 7) is 0. The standard InChI is InChI=1S/C18H26N4O2S2/c23-15(21-18-20-11-6-2-1-3-7-13(11)26-18)9-5-4-8-14-16-12(10-25-14)19-17(24)22-16/h12,14,16H,1-10H2,(H2,19,22,24)(H,20,21,23)/t12-,14+,16+/m1/s1. The number of anilines is 1. The molecular weight excluding hydrogens is 368 g/mol. The van der Waals surface area contributed by atoms with Crippen LogP contribution in [0.15, 0.2) is 0 Å². The molecule has 0 saturated carbocycles. The summed E-state index contributed by atoms with van der Waals surface area (Å²) in [6.07, 6.45) is 9.37. The molecule has 26 heavy (non-hydrogen) atoms. The average Bonchev–Trinajstić information content (AvgIpc) is 3.22. The molecule has 0 bridgehead atoms. The number of unbranched alkanes of at least 4 members (excludes halogenated alkanes) is 1. The number of rotatable bonds is 6. The van der Waals surface area contributed by atoms with E-state index < -0.39 is 0 Å². The predicted molar refractivity (Wildman–Crippen MR) is 106 cm³/mol. The zero-order valence-corrected chi connectivity index (χ0v) is 16.5. The highest BCUT2D eigenvalue weighted by molar-refractivity contribution is 8.00. The van der Waals surface area contributed by atoms with Crippen molar-refractivity contribution in [2.75, 3.05) is 11.1 Å². The van der Waals surface area contributed by atoms with Gasteiger partial charge in [-0.1, -0.05) is 12.8 Å². The molecule has 0 unspecified atom stereocenters. The van der Waals surface area contributed by atoms with Crippen molar-refractivity contribution in [3.63, 3.8) is 0 Å². The van der Waals surface area contributed by atoms with Gasteiger partial charge in [-0.2, -0.15) is 11.8 Å². The third-order valence-corrected chi connectivity index (χ3v) is 8.00. The van der Waals surface area contributed by atoms with Crippen LogP contribution in [0.2, 0.25) is 0 Å². The molecule has 2 fully saturated rings. The van der Waals surface area contributed by atoms with Gasteiger partial charge in [0.1, 0.15) is 0 Å². The van der Waals surface area contributed by atoms with Gasteiger partial charge >= 0.3 is 6.03 Å². The van der Waals surface area contributed by atoms with E-state index in [0.29, 0.717) is 11.7 Å². The van der Waals surface area contributed by atoms with Gasteiger partial charge in [-0.25, -0.2) is 9.78 Å². The first-order valence-corrected chi connectivity index (χ1v) is 11.5. The van der Waals surface area contributed by atoms with E-state index in [0.717, 1.165) is 43.0 Å². The van der Waals surface area contributed by atoms with Gasteiger partial charge in [0, 0.05) is 22.3 Å². The molecule has 1 aromatic heterocycles. The lowest BCUT2D eigenvalue weighted by Crippen LogP contribution is -2.36. The SMILES string of the molecule is O=C(CCCC[C@@H]1SC[C@H]2NC(=O)N[C@H]12)Nc1nc2c(s1)CCCCC2. The van der Waals surface area contributed by atoms with E-state index in [1.807, 2.05) is 11.8 Å². The zero-order valence-electron chi connectivity index (χ0n) is 14.9. The number of aryl methyl sites for hydroxylation is 2. The largest absolute Gasteiger partial charge is 0.332 e. The van der Waals surface area contributed by atoms with Crippen LogP contribution in [0, 0.1) is 0 Å². The van der Waals surface area contributed by atoms with Crippen LogP contribution in [0.1, 0.15) is 55.5 Å². The Morgan fingerprint density at radius 1 is 1.19 bits per heavy atom. The van der Waals surface area contributed by atoms with Crippen LogP contribution in [0.4, 0.5) is 9.93 Å². The minimum absolute atomic E-state index is 0.0356. The molecule has 3 aliphatic rings. The van der Waals surface area contributed by atoms with Gasteiger partial charge in [0.15, 0.2) is 5.13 Å². The molecule has 4 rings (SSSR count). The Morgan fingerprint density at radius 2 is 2.08 bits per heavy atom. The molecule has 3 heterocycles. The van der Waals surface area contributed by atoms with Crippen molar-refractivity contribution in [1.82, 2.24) is 15.6 Å². The number of amides is 3. The van der Waals surface area contributed by atoms with Crippen LogP contribution in [0.3, 0.4) is 0 Å². The lowest BCUT2D eigenvalue weighted by Gasteiger charge is -2.16. The van der Waals surface area contributed by atoms with Gasteiger partial charge in [-0.3, -0.25) is 4.79 Å². The number of thioether (sulfide) groups is 1. The first-order chi connectivity index (χ1) is 12.7. The van der Waals surface area contributed by atoms with Crippen molar-refractivity contribution in [2.24, 2.45) is 0 Å². The Kier molecular flexibility index (Phi) is 5.69. The Bertz CT molecular complexity index is 655. The van der Waals surface area contributed by atoms with Gasteiger partial charge in [0.05, 0.1) is 17.8 Å². The average molecular weight is 395 g/mol. The fraction of sp³-hybridized carbons (Fsp3) is 0.722. The van der Waals surface area contributed by atoms with Crippen molar-refractivity contribution in [2.45, 2.75) is 75.1 Å². The van der Waals surface area contributed by atoms with Gasteiger partial charge in [-0.05, 0) is 38.5 Å². The molecule has 0 spiro atoms. The van der Waals surface area contributed by atoms with E-state index in [2.05, 4.69) is 20.9 Å². The maximum absolute atomic E-state index is 12.2. The minimum Gasteiger partial charge on any atom is -0.332 e. The number of urea groups is 1. The van der Waals surface area contributed by atoms with E-state index in [1.54, 1.807) is 11.3 Å². The molecular formula is C18H26N4O2S2.